The van der Waals surface area contributed by atoms with E-state index in [4.69, 9.17) is 4.99 Å². The van der Waals surface area contributed by atoms with Gasteiger partial charge in [-0.25, -0.2) is 9.38 Å². The summed E-state index contributed by atoms with van der Waals surface area (Å²) in [5.41, 5.74) is 2.95. The zero-order valence-electron chi connectivity index (χ0n) is 18.8. The van der Waals surface area contributed by atoms with E-state index in [0.29, 0.717) is 25.2 Å². The number of aliphatic imine (C=N–C) groups is 1. The number of guanidine groups is 1. The highest BCUT2D eigenvalue weighted by molar-refractivity contribution is 5.80. The fourth-order valence-electron chi connectivity index (χ4n) is 4.38. The summed E-state index contributed by atoms with van der Waals surface area (Å²) in [6.45, 7) is 8.06. The third-order valence-electron chi connectivity index (χ3n) is 6.05. The molecule has 0 radical (unpaired) electrons. The number of benzene rings is 2. The number of rotatable bonds is 6. The van der Waals surface area contributed by atoms with Crippen LogP contribution in [0, 0.1) is 5.82 Å². The first kappa shape index (κ1) is 22.1. The van der Waals surface area contributed by atoms with E-state index in [0.717, 1.165) is 62.8 Å². The second kappa shape index (κ2) is 10.5. The van der Waals surface area contributed by atoms with Gasteiger partial charge in [-0.2, -0.15) is 0 Å². The Kier molecular flexibility index (Phi) is 7.24. The monoisotopic (exact) mass is 437 g/mol. The molecule has 1 N–H and O–H groups in total. The van der Waals surface area contributed by atoms with E-state index in [2.05, 4.69) is 40.2 Å². The molecule has 2 aromatic carbocycles. The Morgan fingerprint density at radius 2 is 1.81 bits per heavy atom. The molecule has 2 fully saturated rings. The third kappa shape index (κ3) is 5.39. The molecule has 2 aromatic rings. The first-order chi connectivity index (χ1) is 15.6. The van der Waals surface area contributed by atoms with Gasteiger partial charge in [0.25, 0.3) is 0 Å². The number of carbonyl (C=O) groups excluding carboxylic acids is 1. The number of halogens is 1. The topological polar surface area (TPSA) is 51.2 Å². The quantitative estimate of drug-likeness (QED) is 0.557. The minimum Gasteiger partial charge on any atom is -0.366 e. The lowest BCUT2D eigenvalue weighted by atomic mass is 10.1. The van der Waals surface area contributed by atoms with Crippen LogP contribution in [-0.4, -0.2) is 60.9 Å². The number of para-hydroxylation sites is 1. The molecule has 0 saturated carbocycles. The van der Waals surface area contributed by atoms with Crippen molar-refractivity contribution in [2.24, 2.45) is 4.99 Å². The fraction of sp³-hybridized carbons (Fsp3) is 0.440. The van der Waals surface area contributed by atoms with Crippen LogP contribution in [0.15, 0.2) is 53.5 Å². The van der Waals surface area contributed by atoms with Crippen LogP contribution < -0.4 is 10.2 Å². The number of amides is 1. The second-order valence-corrected chi connectivity index (χ2v) is 8.33. The number of likely N-dealkylation sites (tertiary alicyclic amines) is 1. The van der Waals surface area contributed by atoms with Crippen molar-refractivity contribution in [3.63, 3.8) is 0 Å². The molecular weight excluding hydrogens is 405 g/mol. The van der Waals surface area contributed by atoms with Crippen molar-refractivity contribution in [1.82, 2.24) is 15.1 Å². The van der Waals surface area contributed by atoms with E-state index in [9.17, 15) is 9.18 Å². The van der Waals surface area contributed by atoms with E-state index < -0.39 is 0 Å². The van der Waals surface area contributed by atoms with Crippen LogP contribution in [0.1, 0.15) is 30.9 Å². The SMILES string of the molecule is CCNC(=NCc1cccc(CN2CCCC2=O)c1)N1CCN(c2ccccc2F)CC1. The lowest BCUT2D eigenvalue weighted by Gasteiger charge is -2.37. The standard InChI is InChI=1S/C25H32FN5O/c1-2-27-25(30-15-13-29(14-16-30)23-10-4-3-9-22(23)26)28-18-20-7-5-8-21(17-20)19-31-12-6-11-24(31)32/h3-5,7-10,17H,2,6,11-16,18-19H2,1H3,(H,27,28). The third-order valence-corrected chi connectivity index (χ3v) is 6.05. The van der Waals surface area contributed by atoms with Gasteiger partial charge in [0.15, 0.2) is 5.96 Å². The molecule has 32 heavy (non-hydrogen) atoms. The van der Waals surface area contributed by atoms with Crippen LogP contribution in [0.4, 0.5) is 10.1 Å². The molecule has 2 aliphatic heterocycles. The zero-order valence-corrected chi connectivity index (χ0v) is 18.8. The highest BCUT2D eigenvalue weighted by Crippen LogP contribution is 2.20. The molecule has 0 unspecified atom stereocenters. The molecule has 0 bridgehead atoms. The molecule has 170 valence electrons. The van der Waals surface area contributed by atoms with E-state index in [1.165, 1.54) is 6.07 Å². The second-order valence-electron chi connectivity index (χ2n) is 8.33. The number of piperazine rings is 1. The molecule has 1 amide bonds. The van der Waals surface area contributed by atoms with Gasteiger partial charge in [-0.1, -0.05) is 36.4 Å². The first-order valence-corrected chi connectivity index (χ1v) is 11.5. The van der Waals surface area contributed by atoms with Crippen molar-refractivity contribution in [3.05, 3.63) is 65.5 Å². The lowest BCUT2D eigenvalue weighted by molar-refractivity contribution is -0.128. The summed E-state index contributed by atoms with van der Waals surface area (Å²) in [7, 11) is 0. The van der Waals surface area contributed by atoms with E-state index in [-0.39, 0.29) is 11.7 Å². The van der Waals surface area contributed by atoms with Crippen LogP contribution in [0.25, 0.3) is 0 Å². The summed E-state index contributed by atoms with van der Waals surface area (Å²) in [5.74, 6) is 0.968. The van der Waals surface area contributed by atoms with Gasteiger partial charge in [0.05, 0.1) is 12.2 Å². The highest BCUT2D eigenvalue weighted by Gasteiger charge is 2.22. The van der Waals surface area contributed by atoms with Crippen LogP contribution >= 0.6 is 0 Å². The Labute approximate surface area is 189 Å². The number of nitrogens with one attached hydrogen (secondary N) is 1. The molecule has 6 nitrogen and oxygen atoms in total. The van der Waals surface area contributed by atoms with E-state index >= 15 is 0 Å². The molecule has 2 aliphatic rings. The predicted octanol–water partition coefficient (Wildman–Crippen LogP) is 3.24. The van der Waals surface area contributed by atoms with Crippen molar-refractivity contribution in [2.45, 2.75) is 32.9 Å². The summed E-state index contributed by atoms with van der Waals surface area (Å²) in [4.78, 5) is 23.1. The Balaban J connectivity index is 1.38. The largest absolute Gasteiger partial charge is 0.366 e. The van der Waals surface area contributed by atoms with Gasteiger partial charge in [0.1, 0.15) is 5.82 Å². The average Bonchev–Trinajstić information content (AvgIpc) is 3.21. The minimum atomic E-state index is -0.169. The maximum Gasteiger partial charge on any atom is 0.222 e. The average molecular weight is 438 g/mol. The number of carbonyl (C=O) groups is 1. The van der Waals surface area contributed by atoms with Crippen molar-refractivity contribution < 1.29 is 9.18 Å². The van der Waals surface area contributed by atoms with Gasteiger partial charge >= 0.3 is 0 Å². The Bertz CT molecular complexity index is 955. The zero-order chi connectivity index (χ0) is 22.3. The number of hydrogen-bond donors (Lipinski definition) is 1. The Hall–Kier alpha value is -3.09. The van der Waals surface area contributed by atoms with Crippen molar-refractivity contribution in [1.29, 1.82) is 0 Å². The van der Waals surface area contributed by atoms with Gasteiger partial charge in [-0.15, -0.1) is 0 Å². The first-order valence-electron chi connectivity index (χ1n) is 11.5. The van der Waals surface area contributed by atoms with Gasteiger partial charge in [0.2, 0.25) is 5.91 Å². The maximum atomic E-state index is 14.1. The smallest absolute Gasteiger partial charge is 0.222 e. The molecule has 0 aromatic heterocycles. The molecule has 2 heterocycles. The summed E-state index contributed by atoms with van der Waals surface area (Å²) in [6.07, 6.45) is 1.62. The summed E-state index contributed by atoms with van der Waals surface area (Å²) < 4.78 is 14.1. The molecular formula is C25H32FN5O. The molecule has 0 atom stereocenters. The minimum absolute atomic E-state index is 0.169. The molecule has 0 spiro atoms. The van der Waals surface area contributed by atoms with Crippen molar-refractivity contribution in [3.8, 4) is 0 Å². The van der Waals surface area contributed by atoms with Gasteiger partial charge in [0, 0.05) is 52.2 Å². The van der Waals surface area contributed by atoms with Gasteiger partial charge < -0.3 is 20.0 Å². The van der Waals surface area contributed by atoms with Crippen LogP contribution in [0.2, 0.25) is 0 Å². The number of anilines is 1. The van der Waals surface area contributed by atoms with Crippen LogP contribution in [0.5, 0.6) is 0 Å². The summed E-state index contributed by atoms with van der Waals surface area (Å²) >= 11 is 0. The summed E-state index contributed by atoms with van der Waals surface area (Å²) in [5, 5.41) is 3.40. The number of nitrogens with zero attached hydrogens (tertiary/aromatic N) is 4. The maximum absolute atomic E-state index is 14.1. The molecule has 7 heteroatoms. The molecule has 4 rings (SSSR count). The Morgan fingerprint density at radius 1 is 1.03 bits per heavy atom. The van der Waals surface area contributed by atoms with Gasteiger partial charge in [-0.05, 0) is 36.6 Å². The van der Waals surface area contributed by atoms with Crippen LogP contribution in [0.3, 0.4) is 0 Å². The summed E-state index contributed by atoms with van der Waals surface area (Å²) in [6, 6.07) is 15.3. The lowest BCUT2D eigenvalue weighted by Crippen LogP contribution is -2.52. The van der Waals surface area contributed by atoms with E-state index in [1.54, 1.807) is 6.07 Å². The normalized spacial score (nSPS) is 17.2. The fourth-order valence-corrected chi connectivity index (χ4v) is 4.38. The highest BCUT2D eigenvalue weighted by atomic mass is 19.1. The molecule has 2 saturated heterocycles. The van der Waals surface area contributed by atoms with Crippen LogP contribution in [-0.2, 0) is 17.9 Å². The van der Waals surface area contributed by atoms with Crippen molar-refractivity contribution >= 4 is 17.6 Å². The Morgan fingerprint density at radius 3 is 2.53 bits per heavy atom. The molecule has 0 aliphatic carbocycles. The van der Waals surface area contributed by atoms with Crippen molar-refractivity contribution in [2.75, 3.05) is 44.2 Å². The van der Waals surface area contributed by atoms with E-state index in [1.807, 2.05) is 23.1 Å². The van der Waals surface area contributed by atoms with Gasteiger partial charge in [-0.3, -0.25) is 4.79 Å². The predicted molar refractivity (Wildman–Crippen MR) is 126 cm³/mol. The number of hydrogen-bond acceptors (Lipinski definition) is 3.